The summed E-state index contributed by atoms with van der Waals surface area (Å²) < 4.78 is 29.4. The Bertz CT molecular complexity index is 541. The molecule has 1 aliphatic carbocycles. The number of sulfone groups is 1. The van der Waals surface area contributed by atoms with Gasteiger partial charge in [0, 0.05) is 6.42 Å². The molecule has 0 bridgehead atoms. The van der Waals surface area contributed by atoms with Crippen LogP contribution in [0.2, 0.25) is 0 Å². The zero-order valence-electron chi connectivity index (χ0n) is 11.0. The number of rotatable bonds is 5. The average Bonchev–Trinajstić information content (AvgIpc) is 2.27. The molecule has 0 radical (unpaired) electrons. The SMILES string of the molecule is CCCC(=O)Oc1ccc(S(=O)(=O)C2CCC2)cc1. The molecule has 4 nitrogen and oxygen atoms in total. The molecule has 19 heavy (non-hydrogen) atoms. The van der Waals surface area contributed by atoms with Crippen molar-refractivity contribution in [2.45, 2.75) is 49.2 Å². The van der Waals surface area contributed by atoms with E-state index in [0.717, 1.165) is 25.7 Å². The molecule has 1 aromatic carbocycles. The van der Waals surface area contributed by atoms with Crippen LogP contribution in [-0.4, -0.2) is 19.6 Å². The summed E-state index contributed by atoms with van der Waals surface area (Å²) in [5.74, 6) is 0.100. The highest BCUT2D eigenvalue weighted by Crippen LogP contribution is 2.31. The van der Waals surface area contributed by atoms with E-state index in [2.05, 4.69) is 0 Å². The van der Waals surface area contributed by atoms with Gasteiger partial charge in [0.05, 0.1) is 10.1 Å². The number of ether oxygens (including phenoxy) is 1. The van der Waals surface area contributed by atoms with Crippen LogP contribution in [0.1, 0.15) is 39.0 Å². The molecular formula is C14H18O4S. The molecule has 0 spiro atoms. The minimum absolute atomic E-state index is 0.235. The summed E-state index contributed by atoms with van der Waals surface area (Å²) in [6.07, 6.45) is 3.57. The molecule has 0 aliphatic heterocycles. The van der Waals surface area contributed by atoms with Gasteiger partial charge in [-0.05, 0) is 43.5 Å². The second-order valence-corrected chi connectivity index (χ2v) is 7.02. The normalized spacial score (nSPS) is 15.8. The van der Waals surface area contributed by atoms with Gasteiger partial charge in [0.15, 0.2) is 9.84 Å². The summed E-state index contributed by atoms with van der Waals surface area (Å²) in [6, 6.07) is 6.11. The van der Waals surface area contributed by atoms with Gasteiger partial charge in [0.25, 0.3) is 0 Å². The largest absolute Gasteiger partial charge is 0.427 e. The lowest BCUT2D eigenvalue weighted by Crippen LogP contribution is -2.28. The van der Waals surface area contributed by atoms with E-state index in [-0.39, 0.29) is 11.2 Å². The quantitative estimate of drug-likeness (QED) is 0.615. The third kappa shape index (κ3) is 3.15. The highest BCUT2D eigenvalue weighted by Gasteiger charge is 2.32. The van der Waals surface area contributed by atoms with E-state index >= 15 is 0 Å². The lowest BCUT2D eigenvalue weighted by Gasteiger charge is -2.25. The molecule has 1 aliphatic rings. The predicted octanol–water partition coefficient (Wildman–Crippen LogP) is 2.72. The first-order valence-corrected chi connectivity index (χ1v) is 8.13. The molecule has 0 atom stereocenters. The summed E-state index contributed by atoms with van der Waals surface area (Å²) in [4.78, 5) is 11.6. The minimum Gasteiger partial charge on any atom is -0.427 e. The highest BCUT2D eigenvalue weighted by molar-refractivity contribution is 7.92. The van der Waals surface area contributed by atoms with Crippen molar-refractivity contribution in [2.75, 3.05) is 0 Å². The lowest BCUT2D eigenvalue weighted by molar-refractivity contribution is -0.134. The van der Waals surface area contributed by atoms with E-state index in [1.54, 1.807) is 12.1 Å². The molecule has 0 N–H and O–H groups in total. The summed E-state index contributed by atoms with van der Waals surface area (Å²) in [5.41, 5.74) is 0. The Kier molecular flexibility index (Phi) is 4.24. The Morgan fingerprint density at radius 1 is 1.26 bits per heavy atom. The van der Waals surface area contributed by atoms with Gasteiger partial charge in [-0.3, -0.25) is 4.79 Å². The first-order valence-electron chi connectivity index (χ1n) is 6.58. The first-order chi connectivity index (χ1) is 9.04. The van der Waals surface area contributed by atoms with Crippen molar-refractivity contribution in [1.29, 1.82) is 0 Å². The molecular weight excluding hydrogens is 264 g/mol. The Morgan fingerprint density at radius 2 is 1.89 bits per heavy atom. The van der Waals surface area contributed by atoms with Crippen LogP contribution < -0.4 is 4.74 Å². The Morgan fingerprint density at radius 3 is 2.37 bits per heavy atom. The van der Waals surface area contributed by atoms with E-state index in [1.165, 1.54) is 12.1 Å². The van der Waals surface area contributed by atoms with Gasteiger partial charge >= 0.3 is 5.97 Å². The average molecular weight is 282 g/mol. The van der Waals surface area contributed by atoms with Crippen LogP contribution in [0, 0.1) is 0 Å². The molecule has 5 heteroatoms. The molecule has 1 saturated carbocycles. The molecule has 1 fully saturated rings. The van der Waals surface area contributed by atoms with Gasteiger partial charge < -0.3 is 4.74 Å². The van der Waals surface area contributed by atoms with Crippen molar-refractivity contribution in [1.82, 2.24) is 0 Å². The maximum Gasteiger partial charge on any atom is 0.311 e. The molecule has 0 amide bonds. The van der Waals surface area contributed by atoms with Crippen LogP contribution in [-0.2, 0) is 14.6 Å². The third-order valence-electron chi connectivity index (χ3n) is 3.33. The van der Waals surface area contributed by atoms with Crippen molar-refractivity contribution in [3.8, 4) is 5.75 Å². The number of esters is 1. The Balaban J connectivity index is 2.08. The zero-order valence-corrected chi connectivity index (χ0v) is 11.8. The second kappa shape index (κ2) is 5.74. The Hall–Kier alpha value is -1.36. The summed E-state index contributed by atoms with van der Waals surface area (Å²) in [6.45, 7) is 1.90. The fourth-order valence-electron chi connectivity index (χ4n) is 1.96. The molecule has 1 aromatic rings. The van der Waals surface area contributed by atoms with Crippen molar-refractivity contribution >= 4 is 15.8 Å². The van der Waals surface area contributed by atoms with Crippen LogP contribution >= 0.6 is 0 Å². The highest BCUT2D eigenvalue weighted by atomic mass is 32.2. The van der Waals surface area contributed by atoms with Crippen molar-refractivity contribution in [3.05, 3.63) is 24.3 Å². The number of carbonyl (C=O) groups excluding carboxylic acids is 1. The molecule has 0 saturated heterocycles. The Labute approximate surface area is 113 Å². The van der Waals surface area contributed by atoms with Crippen LogP contribution in [0.4, 0.5) is 0 Å². The van der Waals surface area contributed by atoms with Crippen LogP contribution in [0.15, 0.2) is 29.2 Å². The molecule has 2 rings (SSSR count). The fraction of sp³-hybridized carbons (Fsp3) is 0.500. The van der Waals surface area contributed by atoms with Gasteiger partial charge in [-0.25, -0.2) is 8.42 Å². The maximum atomic E-state index is 12.1. The van der Waals surface area contributed by atoms with E-state index in [4.69, 9.17) is 4.74 Å². The molecule has 0 heterocycles. The van der Waals surface area contributed by atoms with Gasteiger partial charge in [-0.1, -0.05) is 13.3 Å². The maximum absolute atomic E-state index is 12.1. The van der Waals surface area contributed by atoms with E-state index in [1.807, 2.05) is 6.92 Å². The monoisotopic (exact) mass is 282 g/mol. The second-order valence-electron chi connectivity index (χ2n) is 4.79. The van der Waals surface area contributed by atoms with Crippen molar-refractivity contribution in [2.24, 2.45) is 0 Å². The number of hydrogen-bond donors (Lipinski definition) is 0. The smallest absolute Gasteiger partial charge is 0.311 e. The summed E-state index contributed by atoms with van der Waals surface area (Å²) in [7, 11) is -3.20. The molecule has 0 aromatic heterocycles. The number of carbonyl (C=O) groups is 1. The van der Waals surface area contributed by atoms with Crippen LogP contribution in [0.25, 0.3) is 0 Å². The lowest BCUT2D eigenvalue weighted by atomic mass is 10.00. The van der Waals surface area contributed by atoms with Crippen molar-refractivity contribution < 1.29 is 17.9 Å². The van der Waals surface area contributed by atoms with Crippen molar-refractivity contribution in [3.63, 3.8) is 0 Å². The predicted molar refractivity (Wildman–Crippen MR) is 71.8 cm³/mol. The molecule has 0 unspecified atom stereocenters. The minimum atomic E-state index is -3.20. The van der Waals surface area contributed by atoms with Gasteiger partial charge in [-0.15, -0.1) is 0 Å². The van der Waals surface area contributed by atoms with E-state index < -0.39 is 9.84 Å². The van der Waals surface area contributed by atoms with Crippen LogP contribution in [0.5, 0.6) is 5.75 Å². The van der Waals surface area contributed by atoms with Gasteiger partial charge in [-0.2, -0.15) is 0 Å². The zero-order chi connectivity index (χ0) is 13.9. The number of benzene rings is 1. The fourth-order valence-corrected chi connectivity index (χ4v) is 3.81. The first kappa shape index (κ1) is 14.1. The summed E-state index contributed by atoms with van der Waals surface area (Å²) >= 11 is 0. The van der Waals surface area contributed by atoms with E-state index in [0.29, 0.717) is 17.1 Å². The number of hydrogen-bond acceptors (Lipinski definition) is 4. The standard InChI is InChI=1S/C14H18O4S/c1-2-4-14(15)18-11-7-9-13(10-8-11)19(16,17)12-5-3-6-12/h7-10,12H,2-6H2,1H3. The van der Waals surface area contributed by atoms with Crippen LogP contribution in [0.3, 0.4) is 0 Å². The molecule has 104 valence electrons. The van der Waals surface area contributed by atoms with E-state index in [9.17, 15) is 13.2 Å². The summed E-state index contributed by atoms with van der Waals surface area (Å²) in [5, 5.41) is -0.235. The topological polar surface area (TPSA) is 60.4 Å². The van der Waals surface area contributed by atoms with Gasteiger partial charge in [0.2, 0.25) is 0 Å². The third-order valence-corrected chi connectivity index (χ3v) is 5.61. The van der Waals surface area contributed by atoms with Gasteiger partial charge in [0.1, 0.15) is 5.75 Å².